The average Bonchev–Trinajstić information content (AvgIpc) is 2.72. The van der Waals surface area contributed by atoms with E-state index in [-0.39, 0.29) is 12.2 Å². The first-order valence-electron chi connectivity index (χ1n) is 10.2. The highest BCUT2D eigenvalue weighted by Gasteiger charge is 2.18. The van der Waals surface area contributed by atoms with Crippen LogP contribution in [-0.2, 0) is 12.0 Å². The Morgan fingerprint density at radius 3 is 2.52 bits per heavy atom. The minimum atomic E-state index is -0.746. The molecule has 0 fully saturated rings. The molecule has 1 aromatic heterocycles. The van der Waals surface area contributed by atoms with Gasteiger partial charge < -0.3 is 20.2 Å². The molecule has 0 radical (unpaired) electrons. The van der Waals surface area contributed by atoms with Gasteiger partial charge in [0.1, 0.15) is 30.2 Å². The first-order chi connectivity index (χ1) is 14.7. The van der Waals surface area contributed by atoms with E-state index < -0.39 is 23.7 Å². The minimum Gasteiger partial charge on any atom is -0.490 e. The summed E-state index contributed by atoms with van der Waals surface area (Å²) in [6.45, 7) is 5.07. The highest BCUT2D eigenvalue weighted by molar-refractivity contribution is 6.05. The number of carbonyl (C=O) groups excluding carboxylic acids is 1. The van der Waals surface area contributed by atoms with E-state index in [2.05, 4.69) is 5.32 Å². The number of alkyl halides is 1. The van der Waals surface area contributed by atoms with E-state index in [4.69, 9.17) is 14.9 Å². The Morgan fingerprint density at radius 1 is 1.19 bits per heavy atom. The second-order valence-corrected chi connectivity index (χ2v) is 7.95. The SMILES string of the molecule is CCCc1c(OCCF)ccc2cc(C(=O)Nc3ccc(C(C)(C)N)cc3)c(=O)oc12. The van der Waals surface area contributed by atoms with E-state index in [1.165, 1.54) is 6.07 Å². The fourth-order valence-electron chi connectivity index (χ4n) is 3.33. The second-order valence-electron chi connectivity index (χ2n) is 7.95. The Bertz CT molecular complexity index is 1130. The van der Waals surface area contributed by atoms with Crippen molar-refractivity contribution in [2.24, 2.45) is 5.73 Å². The maximum absolute atomic E-state index is 12.7. The third-order valence-corrected chi connectivity index (χ3v) is 4.93. The van der Waals surface area contributed by atoms with Gasteiger partial charge in [0.2, 0.25) is 0 Å². The van der Waals surface area contributed by atoms with E-state index in [0.717, 1.165) is 12.0 Å². The molecule has 0 unspecified atom stereocenters. The number of aryl methyl sites for hydroxylation is 1. The molecule has 1 heterocycles. The molecule has 3 rings (SSSR count). The molecular weight excluding hydrogens is 399 g/mol. The summed E-state index contributed by atoms with van der Waals surface area (Å²) in [4.78, 5) is 25.3. The standard InChI is InChI=1S/C24H27FN2O4/c1-4-5-18-20(30-13-12-25)11-6-15-14-19(23(29)31-21(15)18)22(28)27-17-9-7-16(8-10-17)24(2,3)26/h6-11,14H,4-5,12-13,26H2,1-3H3,(H,27,28). The van der Waals surface area contributed by atoms with Gasteiger partial charge in [-0.05, 0) is 56.2 Å². The molecule has 0 aliphatic carbocycles. The van der Waals surface area contributed by atoms with Crippen LogP contribution in [0.1, 0.15) is 48.7 Å². The zero-order chi connectivity index (χ0) is 22.6. The van der Waals surface area contributed by atoms with Gasteiger partial charge in [0, 0.05) is 22.2 Å². The number of amides is 1. The smallest absolute Gasteiger partial charge is 0.349 e. The lowest BCUT2D eigenvalue weighted by atomic mass is 9.95. The molecule has 2 aromatic carbocycles. The fraction of sp³-hybridized carbons (Fsp3) is 0.333. The quantitative estimate of drug-likeness (QED) is 0.516. The molecule has 0 aliphatic heterocycles. The summed E-state index contributed by atoms with van der Waals surface area (Å²) in [5.74, 6) is -0.0829. The largest absolute Gasteiger partial charge is 0.490 e. The topological polar surface area (TPSA) is 94.6 Å². The van der Waals surface area contributed by atoms with Crippen molar-refractivity contribution in [2.45, 2.75) is 39.2 Å². The van der Waals surface area contributed by atoms with Crippen LogP contribution in [0.3, 0.4) is 0 Å². The predicted molar refractivity (Wildman–Crippen MR) is 120 cm³/mol. The minimum absolute atomic E-state index is 0.0763. The molecule has 3 aromatic rings. The number of benzene rings is 2. The number of nitrogens with one attached hydrogen (secondary N) is 1. The van der Waals surface area contributed by atoms with E-state index in [9.17, 15) is 14.0 Å². The number of rotatable bonds is 8. The molecule has 0 aliphatic rings. The van der Waals surface area contributed by atoms with Gasteiger partial charge in [0.25, 0.3) is 5.91 Å². The second kappa shape index (κ2) is 9.31. The lowest BCUT2D eigenvalue weighted by Gasteiger charge is -2.19. The normalized spacial score (nSPS) is 11.5. The predicted octanol–water partition coefficient (Wildman–Crippen LogP) is 4.54. The van der Waals surface area contributed by atoms with Crippen molar-refractivity contribution < 1.29 is 18.3 Å². The number of carbonyl (C=O) groups is 1. The molecular formula is C24H27FN2O4. The van der Waals surface area contributed by atoms with E-state index >= 15 is 0 Å². The summed E-state index contributed by atoms with van der Waals surface area (Å²) in [5, 5.41) is 3.31. The number of fused-ring (bicyclic) bond motifs is 1. The van der Waals surface area contributed by atoms with E-state index in [0.29, 0.717) is 34.4 Å². The summed E-state index contributed by atoms with van der Waals surface area (Å²) in [6, 6.07) is 12.0. The van der Waals surface area contributed by atoms with Gasteiger partial charge in [-0.25, -0.2) is 9.18 Å². The summed E-state index contributed by atoms with van der Waals surface area (Å²) in [7, 11) is 0. The van der Waals surface area contributed by atoms with Crippen LogP contribution < -0.4 is 21.4 Å². The van der Waals surface area contributed by atoms with Crippen LogP contribution in [0.2, 0.25) is 0 Å². The molecule has 3 N–H and O–H groups in total. The van der Waals surface area contributed by atoms with E-state index in [1.807, 2.05) is 32.9 Å². The Hall–Kier alpha value is -3.19. The van der Waals surface area contributed by atoms with Gasteiger partial charge in [0.15, 0.2) is 0 Å². The van der Waals surface area contributed by atoms with Crippen molar-refractivity contribution in [1.82, 2.24) is 0 Å². The van der Waals surface area contributed by atoms with Crippen LogP contribution in [0, 0.1) is 0 Å². The molecule has 31 heavy (non-hydrogen) atoms. The van der Waals surface area contributed by atoms with E-state index in [1.54, 1.807) is 24.3 Å². The zero-order valence-corrected chi connectivity index (χ0v) is 18.0. The lowest BCUT2D eigenvalue weighted by Crippen LogP contribution is -2.28. The number of hydrogen-bond donors (Lipinski definition) is 2. The molecule has 1 amide bonds. The van der Waals surface area contributed by atoms with Crippen molar-refractivity contribution in [3.05, 3.63) is 69.6 Å². The Labute approximate surface area is 180 Å². The van der Waals surface area contributed by atoms with Crippen molar-refractivity contribution in [3.63, 3.8) is 0 Å². The van der Waals surface area contributed by atoms with Crippen LogP contribution in [0.4, 0.5) is 10.1 Å². The van der Waals surface area contributed by atoms with Gasteiger partial charge in [0.05, 0.1) is 0 Å². The number of halogens is 1. The van der Waals surface area contributed by atoms with Gasteiger partial charge in [-0.15, -0.1) is 0 Å². The van der Waals surface area contributed by atoms with Gasteiger partial charge >= 0.3 is 5.63 Å². The summed E-state index contributed by atoms with van der Waals surface area (Å²) < 4.78 is 23.5. The molecule has 0 spiro atoms. The number of hydrogen-bond acceptors (Lipinski definition) is 5. The Kier molecular flexibility index (Phi) is 6.75. The average molecular weight is 426 g/mol. The van der Waals surface area contributed by atoms with Crippen LogP contribution in [0.25, 0.3) is 11.0 Å². The highest BCUT2D eigenvalue weighted by Crippen LogP contribution is 2.29. The Morgan fingerprint density at radius 2 is 1.90 bits per heavy atom. The summed E-state index contributed by atoms with van der Waals surface area (Å²) in [5.41, 5.74) is 7.24. The first-order valence-corrected chi connectivity index (χ1v) is 10.2. The van der Waals surface area contributed by atoms with Gasteiger partial charge in [-0.2, -0.15) is 0 Å². The van der Waals surface area contributed by atoms with Crippen molar-refractivity contribution >= 4 is 22.6 Å². The molecule has 0 saturated carbocycles. The molecule has 164 valence electrons. The van der Waals surface area contributed by atoms with Crippen LogP contribution >= 0.6 is 0 Å². The molecule has 7 heteroatoms. The molecule has 0 atom stereocenters. The lowest BCUT2D eigenvalue weighted by molar-refractivity contribution is 0.102. The maximum Gasteiger partial charge on any atom is 0.349 e. The highest BCUT2D eigenvalue weighted by atomic mass is 19.1. The fourth-order valence-corrected chi connectivity index (χ4v) is 3.33. The molecule has 0 saturated heterocycles. The monoisotopic (exact) mass is 426 g/mol. The van der Waals surface area contributed by atoms with Gasteiger partial charge in [-0.1, -0.05) is 25.5 Å². The number of nitrogens with two attached hydrogens (primary N) is 1. The third-order valence-electron chi connectivity index (χ3n) is 4.93. The Balaban J connectivity index is 1.92. The van der Waals surface area contributed by atoms with Crippen LogP contribution in [0.5, 0.6) is 5.75 Å². The van der Waals surface area contributed by atoms with Gasteiger partial charge in [-0.3, -0.25) is 4.79 Å². The first kappa shape index (κ1) is 22.5. The molecule has 6 nitrogen and oxygen atoms in total. The number of ether oxygens (including phenoxy) is 1. The maximum atomic E-state index is 12.7. The third kappa shape index (κ3) is 5.11. The summed E-state index contributed by atoms with van der Waals surface area (Å²) in [6.07, 6.45) is 1.38. The molecule has 0 bridgehead atoms. The number of anilines is 1. The van der Waals surface area contributed by atoms with Crippen LogP contribution in [-0.4, -0.2) is 19.2 Å². The van der Waals surface area contributed by atoms with Crippen molar-refractivity contribution in [2.75, 3.05) is 18.6 Å². The zero-order valence-electron chi connectivity index (χ0n) is 18.0. The summed E-state index contributed by atoms with van der Waals surface area (Å²) >= 11 is 0. The van der Waals surface area contributed by atoms with Crippen molar-refractivity contribution in [3.8, 4) is 5.75 Å². The van der Waals surface area contributed by atoms with Crippen molar-refractivity contribution in [1.29, 1.82) is 0 Å². The van der Waals surface area contributed by atoms with Crippen LogP contribution in [0.15, 0.2) is 51.7 Å².